The standard InChI is InChI=1S/C15H19N5O2/c1-8-5-11-13(9(2)22-8)18-19-14(11)15(21)20-4-3-12-10(7-20)6-16-17-12/h6,8-9H,3-5,7H2,1-2H3,(H,16,17)(H,18,19)/t8-,9+/m1/s1. The van der Waals surface area contributed by atoms with Crippen LogP contribution in [0.2, 0.25) is 0 Å². The number of amides is 1. The Bertz CT molecular complexity index is 719. The fourth-order valence-corrected chi connectivity index (χ4v) is 3.40. The molecule has 0 fully saturated rings. The van der Waals surface area contributed by atoms with Crippen molar-refractivity contribution in [1.29, 1.82) is 0 Å². The van der Waals surface area contributed by atoms with Crippen LogP contribution in [0.15, 0.2) is 6.20 Å². The Morgan fingerprint density at radius 1 is 1.41 bits per heavy atom. The van der Waals surface area contributed by atoms with Crippen molar-refractivity contribution < 1.29 is 9.53 Å². The fourth-order valence-electron chi connectivity index (χ4n) is 3.40. The summed E-state index contributed by atoms with van der Waals surface area (Å²) in [5, 5.41) is 14.3. The molecular formula is C15H19N5O2. The summed E-state index contributed by atoms with van der Waals surface area (Å²) in [5.74, 6) is -0.00866. The second-order valence-corrected chi connectivity index (χ2v) is 6.11. The van der Waals surface area contributed by atoms with E-state index in [0.29, 0.717) is 18.8 Å². The second-order valence-electron chi connectivity index (χ2n) is 6.11. The van der Waals surface area contributed by atoms with E-state index in [1.165, 1.54) is 0 Å². The van der Waals surface area contributed by atoms with Gasteiger partial charge >= 0.3 is 0 Å². The maximum absolute atomic E-state index is 12.8. The summed E-state index contributed by atoms with van der Waals surface area (Å²) in [6, 6.07) is 0. The van der Waals surface area contributed by atoms with Gasteiger partial charge in [0.25, 0.3) is 5.91 Å². The Balaban J connectivity index is 1.62. The number of rotatable bonds is 1. The summed E-state index contributed by atoms with van der Waals surface area (Å²) in [7, 11) is 0. The molecule has 0 radical (unpaired) electrons. The van der Waals surface area contributed by atoms with E-state index in [9.17, 15) is 4.79 Å². The first-order valence-electron chi connectivity index (χ1n) is 7.66. The minimum atomic E-state index is -0.0466. The molecule has 4 rings (SSSR count). The van der Waals surface area contributed by atoms with Gasteiger partial charge in [0.15, 0.2) is 5.69 Å². The highest BCUT2D eigenvalue weighted by Crippen LogP contribution is 2.31. The number of H-pyrrole nitrogens is 2. The number of ether oxygens (including phenoxy) is 1. The van der Waals surface area contributed by atoms with E-state index in [-0.39, 0.29) is 18.1 Å². The lowest BCUT2D eigenvalue weighted by molar-refractivity contribution is -0.00702. The maximum Gasteiger partial charge on any atom is 0.274 e. The molecule has 0 aliphatic carbocycles. The predicted molar refractivity (Wildman–Crippen MR) is 78.3 cm³/mol. The van der Waals surface area contributed by atoms with Crippen molar-refractivity contribution in [2.75, 3.05) is 6.54 Å². The number of carbonyl (C=O) groups excluding carboxylic acids is 1. The third-order valence-electron chi connectivity index (χ3n) is 4.52. The van der Waals surface area contributed by atoms with Crippen LogP contribution in [0.25, 0.3) is 0 Å². The molecule has 2 aliphatic rings. The number of nitrogens with zero attached hydrogens (tertiary/aromatic N) is 3. The van der Waals surface area contributed by atoms with Crippen LogP contribution in [0.4, 0.5) is 0 Å². The SMILES string of the molecule is C[C@@H]1Cc2c(C(=O)N3CCc4[nH]ncc4C3)n[nH]c2[C@H](C)O1. The van der Waals surface area contributed by atoms with E-state index in [0.717, 1.165) is 35.4 Å². The van der Waals surface area contributed by atoms with Crippen LogP contribution < -0.4 is 0 Å². The third kappa shape index (κ3) is 2.04. The van der Waals surface area contributed by atoms with Crippen LogP contribution in [0.3, 0.4) is 0 Å². The zero-order valence-corrected chi connectivity index (χ0v) is 12.7. The van der Waals surface area contributed by atoms with E-state index in [1.54, 1.807) is 6.20 Å². The number of hydrogen-bond donors (Lipinski definition) is 2. The van der Waals surface area contributed by atoms with E-state index in [2.05, 4.69) is 20.4 Å². The van der Waals surface area contributed by atoms with Gasteiger partial charge in [-0.1, -0.05) is 0 Å². The average molecular weight is 301 g/mol. The molecule has 22 heavy (non-hydrogen) atoms. The Hall–Kier alpha value is -2.15. The van der Waals surface area contributed by atoms with Crippen LogP contribution in [-0.2, 0) is 24.1 Å². The quantitative estimate of drug-likeness (QED) is 0.832. The number of nitrogens with one attached hydrogen (secondary N) is 2. The largest absolute Gasteiger partial charge is 0.369 e. The highest BCUT2D eigenvalue weighted by Gasteiger charge is 2.32. The zero-order valence-electron chi connectivity index (χ0n) is 12.7. The molecule has 0 bridgehead atoms. The number of aromatic amines is 2. The van der Waals surface area contributed by atoms with Crippen molar-refractivity contribution in [1.82, 2.24) is 25.3 Å². The smallest absolute Gasteiger partial charge is 0.274 e. The molecule has 2 aromatic rings. The van der Waals surface area contributed by atoms with E-state index >= 15 is 0 Å². The van der Waals surface area contributed by atoms with Gasteiger partial charge in [0.05, 0.1) is 24.1 Å². The summed E-state index contributed by atoms with van der Waals surface area (Å²) < 4.78 is 5.78. The minimum Gasteiger partial charge on any atom is -0.369 e. The molecule has 7 heteroatoms. The first-order chi connectivity index (χ1) is 10.6. The number of fused-ring (bicyclic) bond motifs is 2. The summed E-state index contributed by atoms with van der Waals surface area (Å²) in [5.41, 5.74) is 4.71. The number of hydrogen-bond acceptors (Lipinski definition) is 4. The molecule has 0 aromatic carbocycles. The van der Waals surface area contributed by atoms with Gasteiger partial charge in [-0.25, -0.2) is 0 Å². The molecule has 2 N–H and O–H groups in total. The lowest BCUT2D eigenvalue weighted by Crippen LogP contribution is -2.36. The molecule has 0 saturated carbocycles. The topological polar surface area (TPSA) is 86.9 Å². The van der Waals surface area contributed by atoms with Gasteiger partial charge in [-0.15, -0.1) is 0 Å². The van der Waals surface area contributed by atoms with Crippen LogP contribution >= 0.6 is 0 Å². The van der Waals surface area contributed by atoms with E-state index < -0.39 is 0 Å². The lowest BCUT2D eigenvalue weighted by Gasteiger charge is -2.28. The summed E-state index contributed by atoms with van der Waals surface area (Å²) in [6.45, 7) is 5.30. The number of aromatic nitrogens is 4. The van der Waals surface area contributed by atoms with Gasteiger partial charge < -0.3 is 9.64 Å². The first kappa shape index (κ1) is 13.5. The van der Waals surface area contributed by atoms with Gasteiger partial charge in [-0.3, -0.25) is 15.0 Å². The van der Waals surface area contributed by atoms with Crippen LogP contribution in [-0.4, -0.2) is 43.9 Å². The molecule has 0 saturated heterocycles. The predicted octanol–water partition coefficient (Wildman–Crippen LogP) is 1.35. The van der Waals surface area contributed by atoms with Gasteiger partial charge in [0, 0.05) is 42.8 Å². The third-order valence-corrected chi connectivity index (χ3v) is 4.52. The highest BCUT2D eigenvalue weighted by molar-refractivity contribution is 5.94. The second kappa shape index (κ2) is 4.95. The summed E-state index contributed by atoms with van der Waals surface area (Å²) in [4.78, 5) is 14.7. The molecule has 1 amide bonds. The van der Waals surface area contributed by atoms with E-state index in [1.807, 2.05) is 18.7 Å². The molecule has 7 nitrogen and oxygen atoms in total. The van der Waals surface area contributed by atoms with Gasteiger partial charge in [0.1, 0.15) is 0 Å². The fraction of sp³-hybridized carbons (Fsp3) is 0.533. The van der Waals surface area contributed by atoms with Crippen molar-refractivity contribution in [3.8, 4) is 0 Å². The Kier molecular flexibility index (Phi) is 3.04. The van der Waals surface area contributed by atoms with Gasteiger partial charge in [0.2, 0.25) is 0 Å². The van der Waals surface area contributed by atoms with Crippen LogP contribution in [0, 0.1) is 0 Å². The Labute approximate surface area is 128 Å². The zero-order chi connectivity index (χ0) is 15.3. The Morgan fingerprint density at radius 2 is 2.27 bits per heavy atom. The van der Waals surface area contributed by atoms with Gasteiger partial charge in [-0.2, -0.15) is 10.2 Å². The van der Waals surface area contributed by atoms with Crippen molar-refractivity contribution in [3.05, 3.63) is 34.4 Å². The van der Waals surface area contributed by atoms with Crippen molar-refractivity contribution in [2.45, 2.75) is 45.4 Å². The molecule has 2 aliphatic heterocycles. The highest BCUT2D eigenvalue weighted by atomic mass is 16.5. The molecule has 2 aromatic heterocycles. The Morgan fingerprint density at radius 3 is 3.14 bits per heavy atom. The van der Waals surface area contributed by atoms with Crippen LogP contribution in [0.1, 0.15) is 53.0 Å². The maximum atomic E-state index is 12.8. The first-order valence-corrected chi connectivity index (χ1v) is 7.66. The normalized spacial score (nSPS) is 24.0. The minimum absolute atomic E-state index is 0.00866. The van der Waals surface area contributed by atoms with Crippen LogP contribution in [0.5, 0.6) is 0 Å². The van der Waals surface area contributed by atoms with Crippen molar-refractivity contribution in [3.63, 3.8) is 0 Å². The summed E-state index contributed by atoms with van der Waals surface area (Å²) in [6.07, 6.45) is 3.39. The molecule has 0 unspecified atom stereocenters. The molecule has 2 atom stereocenters. The van der Waals surface area contributed by atoms with Gasteiger partial charge in [-0.05, 0) is 13.8 Å². The molecule has 116 valence electrons. The average Bonchev–Trinajstić information content (AvgIpc) is 3.11. The monoisotopic (exact) mass is 301 g/mol. The molecular weight excluding hydrogens is 282 g/mol. The molecule has 0 spiro atoms. The molecule has 4 heterocycles. The summed E-state index contributed by atoms with van der Waals surface area (Å²) >= 11 is 0. The van der Waals surface area contributed by atoms with Crippen molar-refractivity contribution >= 4 is 5.91 Å². The number of carbonyl (C=O) groups is 1. The van der Waals surface area contributed by atoms with Crippen molar-refractivity contribution in [2.24, 2.45) is 0 Å². The van der Waals surface area contributed by atoms with E-state index in [4.69, 9.17) is 4.74 Å². The lowest BCUT2D eigenvalue weighted by atomic mass is 9.99.